The van der Waals surface area contributed by atoms with E-state index in [1.165, 1.54) is 0 Å². The quantitative estimate of drug-likeness (QED) is 0.323. The van der Waals surface area contributed by atoms with Crippen molar-refractivity contribution in [1.29, 1.82) is 0 Å². The number of aryl methyl sites for hydroxylation is 1. The Morgan fingerprint density at radius 3 is 2.41 bits per heavy atom. The van der Waals surface area contributed by atoms with Gasteiger partial charge in [0.05, 0.1) is 12.2 Å². The molecule has 1 heterocycles. The van der Waals surface area contributed by atoms with Crippen LogP contribution in [0.1, 0.15) is 11.3 Å². The largest absolute Gasteiger partial charge is 0.457 e. The van der Waals surface area contributed by atoms with E-state index in [0.29, 0.717) is 13.1 Å². The fourth-order valence-corrected chi connectivity index (χ4v) is 2.51. The Kier molecular flexibility index (Phi) is 8.12. The number of nitrogens with one attached hydrogen (secondary N) is 2. The van der Waals surface area contributed by atoms with Gasteiger partial charge in [-0.15, -0.1) is 24.0 Å². The zero-order valence-electron chi connectivity index (χ0n) is 15.4. The van der Waals surface area contributed by atoms with Crippen LogP contribution in [0.15, 0.2) is 71.9 Å². The molecule has 6 nitrogen and oxygen atoms in total. The third-order valence-corrected chi connectivity index (χ3v) is 3.97. The Balaban J connectivity index is 0.00000261. The first-order valence-electron chi connectivity index (χ1n) is 8.48. The average Bonchev–Trinajstić information content (AvgIpc) is 3.09. The molecule has 142 valence electrons. The molecule has 3 aromatic rings. The Bertz CT molecular complexity index is 864. The van der Waals surface area contributed by atoms with E-state index in [4.69, 9.17) is 4.74 Å². The summed E-state index contributed by atoms with van der Waals surface area (Å²) in [5.74, 6) is 2.37. The highest BCUT2D eigenvalue weighted by Crippen LogP contribution is 2.24. The van der Waals surface area contributed by atoms with Gasteiger partial charge in [0.2, 0.25) is 0 Å². The van der Waals surface area contributed by atoms with Crippen LogP contribution < -0.4 is 15.4 Å². The number of para-hydroxylation sites is 2. The highest BCUT2D eigenvalue weighted by molar-refractivity contribution is 14.0. The predicted octanol–water partition coefficient (Wildman–Crippen LogP) is 3.70. The van der Waals surface area contributed by atoms with Crippen molar-refractivity contribution >= 4 is 29.9 Å². The molecule has 0 bridgehead atoms. The van der Waals surface area contributed by atoms with Crippen molar-refractivity contribution in [2.24, 2.45) is 12.0 Å². The molecule has 0 amide bonds. The average molecular weight is 477 g/mol. The Morgan fingerprint density at radius 1 is 1.00 bits per heavy atom. The summed E-state index contributed by atoms with van der Waals surface area (Å²) in [6.45, 7) is 1.26. The van der Waals surface area contributed by atoms with Crippen LogP contribution in [0.25, 0.3) is 0 Å². The van der Waals surface area contributed by atoms with E-state index in [1.807, 2.05) is 72.4 Å². The Morgan fingerprint density at radius 2 is 1.70 bits per heavy atom. The summed E-state index contributed by atoms with van der Waals surface area (Å²) in [4.78, 5) is 4.27. The van der Waals surface area contributed by atoms with Crippen LogP contribution >= 0.6 is 24.0 Å². The number of guanidine groups is 1. The van der Waals surface area contributed by atoms with Gasteiger partial charge in [-0.1, -0.05) is 36.4 Å². The molecule has 27 heavy (non-hydrogen) atoms. The van der Waals surface area contributed by atoms with Crippen molar-refractivity contribution < 1.29 is 4.74 Å². The van der Waals surface area contributed by atoms with E-state index < -0.39 is 0 Å². The number of aliphatic imine (C=N–C) groups is 1. The van der Waals surface area contributed by atoms with Crippen LogP contribution in [-0.4, -0.2) is 22.8 Å². The maximum absolute atomic E-state index is 6.00. The summed E-state index contributed by atoms with van der Waals surface area (Å²) in [5, 5.41) is 10.8. The lowest BCUT2D eigenvalue weighted by Gasteiger charge is -2.14. The number of benzene rings is 2. The molecule has 3 rings (SSSR count). The summed E-state index contributed by atoms with van der Waals surface area (Å²) >= 11 is 0. The van der Waals surface area contributed by atoms with E-state index >= 15 is 0 Å². The van der Waals surface area contributed by atoms with Crippen molar-refractivity contribution in [1.82, 2.24) is 20.4 Å². The van der Waals surface area contributed by atoms with E-state index in [0.717, 1.165) is 28.7 Å². The molecular formula is C20H24IN5O. The van der Waals surface area contributed by atoms with E-state index in [2.05, 4.69) is 20.7 Å². The number of halogens is 1. The lowest BCUT2D eigenvalue weighted by Crippen LogP contribution is -2.36. The second-order valence-electron chi connectivity index (χ2n) is 5.75. The summed E-state index contributed by atoms with van der Waals surface area (Å²) in [6, 6.07) is 19.7. The monoisotopic (exact) mass is 477 g/mol. The van der Waals surface area contributed by atoms with Gasteiger partial charge in [0, 0.05) is 32.4 Å². The van der Waals surface area contributed by atoms with Gasteiger partial charge in [0.1, 0.15) is 11.5 Å². The SMILES string of the molecule is CN=C(NCc1ccccc1Oc1ccccc1)NCc1ccnn1C.I. The molecule has 0 atom stereocenters. The molecule has 2 N–H and O–H groups in total. The van der Waals surface area contributed by atoms with E-state index in [1.54, 1.807) is 13.2 Å². The highest BCUT2D eigenvalue weighted by atomic mass is 127. The van der Waals surface area contributed by atoms with Crippen molar-refractivity contribution in [3.05, 3.63) is 78.1 Å². The van der Waals surface area contributed by atoms with Gasteiger partial charge in [-0.05, 0) is 24.3 Å². The van der Waals surface area contributed by atoms with Gasteiger partial charge in [0.15, 0.2) is 5.96 Å². The summed E-state index contributed by atoms with van der Waals surface area (Å²) in [6.07, 6.45) is 1.78. The molecule has 0 spiro atoms. The number of hydrogen-bond donors (Lipinski definition) is 2. The normalized spacial score (nSPS) is 10.8. The number of ether oxygens (including phenoxy) is 1. The maximum Gasteiger partial charge on any atom is 0.191 e. The Hall–Kier alpha value is -2.55. The molecule has 0 aliphatic rings. The van der Waals surface area contributed by atoms with Gasteiger partial charge in [0.25, 0.3) is 0 Å². The molecule has 7 heteroatoms. The lowest BCUT2D eigenvalue weighted by molar-refractivity contribution is 0.475. The zero-order valence-corrected chi connectivity index (χ0v) is 17.8. The van der Waals surface area contributed by atoms with Gasteiger partial charge in [-0.2, -0.15) is 5.10 Å². The zero-order chi connectivity index (χ0) is 18.2. The summed E-state index contributed by atoms with van der Waals surface area (Å²) in [7, 11) is 3.68. The van der Waals surface area contributed by atoms with Gasteiger partial charge in [-0.3, -0.25) is 9.67 Å². The molecule has 0 radical (unpaired) electrons. The molecule has 0 saturated heterocycles. The Labute approximate surface area is 176 Å². The molecule has 0 aliphatic heterocycles. The lowest BCUT2D eigenvalue weighted by atomic mass is 10.2. The number of hydrogen-bond acceptors (Lipinski definition) is 3. The van der Waals surface area contributed by atoms with Gasteiger partial charge >= 0.3 is 0 Å². The molecule has 2 aromatic carbocycles. The van der Waals surface area contributed by atoms with E-state index in [-0.39, 0.29) is 24.0 Å². The van der Waals surface area contributed by atoms with Crippen LogP contribution in [-0.2, 0) is 20.1 Å². The minimum atomic E-state index is 0. The summed E-state index contributed by atoms with van der Waals surface area (Å²) < 4.78 is 7.83. The molecule has 0 unspecified atom stereocenters. The van der Waals surface area contributed by atoms with Crippen LogP contribution in [0.5, 0.6) is 11.5 Å². The van der Waals surface area contributed by atoms with Crippen molar-refractivity contribution in [3.63, 3.8) is 0 Å². The number of aromatic nitrogens is 2. The van der Waals surface area contributed by atoms with Crippen molar-refractivity contribution in [2.45, 2.75) is 13.1 Å². The summed E-state index contributed by atoms with van der Waals surface area (Å²) in [5.41, 5.74) is 2.14. The first-order chi connectivity index (χ1) is 12.8. The highest BCUT2D eigenvalue weighted by Gasteiger charge is 2.06. The van der Waals surface area contributed by atoms with Crippen molar-refractivity contribution in [3.8, 4) is 11.5 Å². The maximum atomic E-state index is 6.00. The molecular weight excluding hydrogens is 453 g/mol. The van der Waals surface area contributed by atoms with Crippen LogP contribution in [0.3, 0.4) is 0 Å². The van der Waals surface area contributed by atoms with Crippen LogP contribution in [0.2, 0.25) is 0 Å². The third kappa shape index (κ3) is 5.99. The fraction of sp³-hybridized carbons (Fsp3) is 0.200. The number of nitrogens with zero attached hydrogens (tertiary/aromatic N) is 3. The van der Waals surface area contributed by atoms with Gasteiger partial charge in [-0.25, -0.2) is 0 Å². The topological polar surface area (TPSA) is 63.5 Å². The minimum Gasteiger partial charge on any atom is -0.457 e. The second kappa shape index (κ2) is 10.6. The first-order valence-corrected chi connectivity index (χ1v) is 8.48. The van der Waals surface area contributed by atoms with Gasteiger partial charge < -0.3 is 15.4 Å². The second-order valence-corrected chi connectivity index (χ2v) is 5.75. The molecule has 0 saturated carbocycles. The third-order valence-electron chi connectivity index (χ3n) is 3.97. The number of rotatable bonds is 6. The first kappa shape index (κ1) is 20.8. The van der Waals surface area contributed by atoms with Crippen LogP contribution in [0, 0.1) is 0 Å². The molecule has 0 aliphatic carbocycles. The smallest absolute Gasteiger partial charge is 0.191 e. The predicted molar refractivity (Wildman–Crippen MR) is 119 cm³/mol. The minimum absolute atomic E-state index is 0. The van der Waals surface area contributed by atoms with E-state index in [9.17, 15) is 0 Å². The van der Waals surface area contributed by atoms with Crippen LogP contribution in [0.4, 0.5) is 0 Å². The fourth-order valence-electron chi connectivity index (χ4n) is 2.51. The molecule has 1 aromatic heterocycles. The standard InChI is InChI=1S/C20H23N5O.HI/c1-21-20(23-15-17-12-13-24-25(17)2)22-14-16-8-6-7-11-19(16)26-18-9-4-3-5-10-18;/h3-13H,14-15H2,1-2H3,(H2,21,22,23);1H. The molecule has 0 fully saturated rings. The van der Waals surface area contributed by atoms with Crippen molar-refractivity contribution in [2.75, 3.05) is 7.05 Å².